The molecule has 0 aliphatic carbocycles. The summed E-state index contributed by atoms with van der Waals surface area (Å²) < 4.78 is 5.93. The van der Waals surface area contributed by atoms with Gasteiger partial charge in [0.1, 0.15) is 5.75 Å². The van der Waals surface area contributed by atoms with Crippen LogP contribution in [0.4, 0.5) is 0 Å². The summed E-state index contributed by atoms with van der Waals surface area (Å²) in [5, 5.41) is 0.829. The van der Waals surface area contributed by atoms with Crippen LogP contribution in [-0.4, -0.2) is 6.61 Å². The number of alkyl halides is 1. The van der Waals surface area contributed by atoms with Crippen LogP contribution in [0.5, 0.6) is 5.75 Å². The lowest BCUT2D eigenvalue weighted by molar-refractivity contribution is 0.317. The van der Waals surface area contributed by atoms with Crippen molar-refractivity contribution in [2.75, 3.05) is 6.61 Å². The Morgan fingerprint density at radius 1 is 1.00 bits per heavy atom. The SMILES string of the molecule is Cc1cccc(CBr)c1OCCc1ccccc1. The van der Waals surface area contributed by atoms with Gasteiger partial charge in [0.15, 0.2) is 0 Å². The first-order valence-corrected chi connectivity index (χ1v) is 7.24. The molecule has 1 nitrogen and oxygen atoms in total. The van der Waals surface area contributed by atoms with Crippen LogP contribution < -0.4 is 4.74 Å². The maximum absolute atomic E-state index is 5.93. The van der Waals surface area contributed by atoms with E-state index in [4.69, 9.17) is 4.74 Å². The van der Waals surface area contributed by atoms with Crippen LogP contribution in [0.2, 0.25) is 0 Å². The Labute approximate surface area is 117 Å². The summed E-state index contributed by atoms with van der Waals surface area (Å²) in [5.41, 5.74) is 3.72. The van der Waals surface area contributed by atoms with E-state index in [1.165, 1.54) is 16.7 Å². The Hall–Kier alpha value is -1.28. The fraction of sp³-hybridized carbons (Fsp3) is 0.250. The summed E-state index contributed by atoms with van der Waals surface area (Å²) in [5.74, 6) is 1.02. The van der Waals surface area contributed by atoms with Gasteiger partial charge >= 0.3 is 0 Å². The second-order valence-electron chi connectivity index (χ2n) is 4.28. The van der Waals surface area contributed by atoms with E-state index >= 15 is 0 Å². The largest absolute Gasteiger partial charge is 0.493 e. The number of hydrogen-bond donors (Lipinski definition) is 0. The van der Waals surface area contributed by atoms with Crippen molar-refractivity contribution in [3.63, 3.8) is 0 Å². The molecule has 94 valence electrons. The molecule has 0 aromatic heterocycles. The van der Waals surface area contributed by atoms with Crippen LogP contribution in [0.15, 0.2) is 48.5 Å². The molecule has 0 radical (unpaired) electrons. The molecule has 2 aromatic rings. The van der Waals surface area contributed by atoms with Gasteiger partial charge in [-0.15, -0.1) is 0 Å². The van der Waals surface area contributed by atoms with Gasteiger partial charge in [0.2, 0.25) is 0 Å². The molecule has 0 unspecified atom stereocenters. The van der Waals surface area contributed by atoms with Crippen molar-refractivity contribution in [3.05, 3.63) is 65.2 Å². The average molecular weight is 305 g/mol. The van der Waals surface area contributed by atoms with Crippen molar-refractivity contribution in [2.24, 2.45) is 0 Å². The molecule has 0 saturated heterocycles. The number of halogens is 1. The summed E-state index contributed by atoms with van der Waals surface area (Å²) in [6, 6.07) is 16.7. The number of para-hydroxylation sites is 1. The highest BCUT2D eigenvalue weighted by molar-refractivity contribution is 9.08. The lowest BCUT2D eigenvalue weighted by atomic mass is 10.1. The predicted molar refractivity (Wildman–Crippen MR) is 79.5 cm³/mol. The molecule has 0 bridgehead atoms. The van der Waals surface area contributed by atoms with Crippen molar-refractivity contribution >= 4 is 15.9 Å². The summed E-state index contributed by atoms with van der Waals surface area (Å²) in [7, 11) is 0. The highest BCUT2D eigenvalue weighted by Gasteiger charge is 2.05. The Bertz CT molecular complexity index is 494. The Kier molecular flexibility index (Phi) is 4.82. The van der Waals surface area contributed by atoms with Gasteiger partial charge in [0.25, 0.3) is 0 Å². The third-order valence-electron chi connectivity index (χ3n) is 2.92. The molecule has 0 aliphatic heterocycles. The number of ether oxygens (including phenoxy) is 1. The van der Waals surface area contributed by atoms with E-state index in [1.807, 2.05) is 6.07 Å². The molecule has 0 amide bonds. The standard InChI is InChI=1S/C16H17BrO/c1-13-6-5-9-15(12-17)16(13)18-11-10-14-7-3-2-4-8-14/h2-9H,10-12H2,1H3. The van der Waals surface area contributed by atoms with Gasteiger partial charge in [-0.05, 0) is 18.1 Å². The van der Waals surface area contributed by atoms with Crippen LogP contribution in [-0.2, 0) is 11.8 Å². The van der Waals surface area contributed by atoms with Crippen molar-refractivity contribution < 1.29 is 4.74 Å². The third-order valence-corrected chi connectivity index (χ3v) is 3.52. The molecule has 18 heavy (non-hydrogen) atoms. The minimum absolute atomic E-state index is 0.717. The lowest BCUT2D eigenvalue weighted by Crippen LogP contribution is -2.04. The van der Waals surface area contributed by atoms with Crippen molar-refractivity contribution in [2.45, 2.75) is 18.7 Å². The number of rotatable bonds is 5. The number of benzene rings is 2. The summed E-state index contributed by atoms with van der Waals surface area (Å²) in [6.45, 7) is 2.80. The Balaban J connectivity index is 1.98. The molecular weight excluding hydrogens is 288 g/mol. The highest BCUT2D eigenvalue weighted by Crippen LogP contribution is 2.25. The van der Waals surface area contributed by atoms with Crippen LogP contribution >= 0.6 is 15.9 Å². The first-order chi connectivity index (χ1) is 8.81. The molecule has 2 heteroatoms. The normalized spacial score (nSPS) is 10.3. The second-order valence-corrected chi connectivity index (χ2v) is 4.84. The van der Waals surface area contributed by atoms with E-state index in [0.29, 0.717) is 0 Å². The molecule has 2 aromatic carbocycles. The average Bonchev–Trinajstić information content (AvgIpc) is 2.41. The van der Waals surface area contributed by atoms with Crippen molar-refractivity contribution in [1.29, 1.82) is 0 Å². The maximum Gasteiger partial charge on any atom is 0.126 e. The zero-order chi connectivity index (χ0) is 12.8. The lowest BCUT2D eigenvalue weighted by Gasteiger charge is -2.12. The summed E-state index contributed by atoms with van der Waals surface area (Å²) in [6.07, 6.45) is 0.941. The molecule has 0 N–H and O–H groups in total. The number of hydrogen-bond acceptors (Lipinski definition) is 1. The van der Waals surface area contributed by atoms with E-state index in [9.17, 15) is 0 Å². The van der Waals surface area contributed by atoms with E-state index < -0.39 is 0 Å². The van der Waals surface area contributed by atoms with E-state index in [2.05, 4.69) is 65.3 Å². The quantitative estimate of drug-likeness (QED) is 0.738. The topological polar surface area (TPSA) is 9.23 Å². The minimum Gasteiger partial charge on any atom is -0.493 e. The Morgan fingerprint density at radius 3 is 2.50 bits per heavy atom. The van der Waals surface area contributed by atoms with Gasteiger partial charge in [-0.2, -0.15) is 0 Å². The van der Waals surface area contributed by atoms with Gasteiger partial charge in [0.05, 0.1) is 6.61 Å². The van der Waals surface area contributed by atoms with Crippen molar-refractivity contribution in [1.82, 2.24) is 0 Å². The monoisotopic (exact) mass is 304 g/mol. The second kappa shape index (κ2) is 6.60. The van der Waals surface area contributed by atoms with Crippen LogP contribution in [0.1, 0.15) is 16.7 Å². The molecule has 0 spiro atoms. The molecule has 0 fully saturated rings. The zero-order valence-electron chi connectivity index (χ0n) is 10.5. The highest BCUT2D eigenvalue weighted by atomic mass is 79.9. The molecule has 0 saturated carbocycles. The van der Waals surface area contributed by atoms with E-state index in [1.54, 1.807) is 0 Å². The van der Waals surface area contributed by atoms with E-state index in [0.717, 1.165) is 24.1 Å². The molecule has 0 atom stereocenters. The van der Waals surface area contributed by atoms with Gasteiger partial charge < -0.3 is 4.74 Å². The Morgan fingerprint density at radius 2 is 1.78 bits per heavy atom. The third kappa shape index (κ3) is 3.36. The fourth-order valence-electron chi connectivity index (χ4n) is 1.94. The maximum atomic E-state index is 5.93. The predicted octanol–water partition coefficient (Wildman–Crippen LogP) is 4.51. The van der Waals surface area contributed by atoms with Gasteiger partial charge in [0, 0.05) is 17.3 Å². The molecule has 0 heterocycles. The van der Waals surface area contributed by atoms with Crippen LogP contribution in [0.25, 0.3) is 0 Å². The van der Waals surface area contributed by atoms with Gasteiger partial charge in [-0.1, -0.05) is 64.5 Å². The zero-order valence-corrected chi connectivity index (χ0v) is 12.1. The first kappa shape index (κ1) is 13.2. The van der Waals surface area contributed by atoms with Gasteiger partial charge in [-0.3, -0.25) is 0 Å². The first-order valence-electron chi connectivity index (χ1n) is 6.12. The molecule has 2 rings (SSSR count). The summed E-state index contributed by atoms with van der Waals surface area (Å²) in [4.78, 5) is 0. The fourth-order valence-corrected chi connectivity index (χ4v) is 2.38. The van der Waals surface area contributed by atoms with Gasteiger partial charge in [-0.25, -0.2) is 0 Å². The van der Waals surface area contributed by atoms with E-state index in [-0.39, 0.29) is 0 Å². The smallest absolute Gasteiger partial charge is 0.126 e. The number of aryl methyl sites for hydroxylation is 1. The molecular formula is C16H17BrO. The van der Waals surface area contributed by atoms with Crippen LogP contribution in [0.3, 0.4) is 0 Å². The minimum atomic E-state index is 0.717. The van der Waals surface area contributed by atoms with Crippen molar-refractivity contribution in [3.8, 4) is 5.75 Å². The summed E-state index contributed by atoms with van der Waals surface area (Å²) >= 11 is 3.50. The van der Waals surface area contributed by atoms with Crippen LogP contribution in [0, 0.1) is 6.92 Å². The molecule has 0 aliphatic rings.